The molecule has 0 radical (unpaired) electrons. The van der Waals surface area contributed by atoms with E-state index in [0.717, 1.165) is 0 Å². The second kappa shape index (κ2) is 4.33. The molecule has 1 atom stereocenters. The highest BCUT2D eigenvalue weighted by Gasteiger charge is 2.10. The Morgan fingerprint density at radius 1 is 1.80 bits per heavy atom. The molecule has 0 aromatic rings. The molecule has 52 valence electrons. The Labute approximate surface area is 58.9 Å². The molecule has 0 saturated carbocycles. The first-order valence-electron chi connectivity index (χ1n) is 2.64. The molecule has 0 aromatic heterocycles. The molecule has 0 aliphatic rings. The molecule has 0 spiro atoms. The summed E-state index contributed by atoms with van der Waals surface area (Å²) >= 11 is 0. The average molecular weight is 137 g/mol. The highest BCUT2D eigenvalue weighted by atomic mass is 16.4. The smallest absolute Gasteiger partial charge is 0.324 e. The maximum Gasteiger partial charge on any atom is 0.324 e. The van der Waals surface area contributed by atoms with Crippen LogP contribution in [0.5, 0.6) is 0 Å². The number of hydrogen-bond acceptors (Lipinski definition) is 2. The predicted octanol–water partition coefficient (Wildman–Crippen LogP) is 0.953. The van der Waals surface area contributed by atoms with Gasteiger partial charge in [0.05, 0.1) is 6.07 Å². The second-order valence-corrected chi connectivity index (χ2v) is 1.57. The molecule has 0 heterocycles. The number of rotatable bonds is 3. The lowest BCUT2D eigenvalue weighted by atomic mass is 10.1. The van der Waals surface area contributed by atoms with Crippen LogP contribution < -0.4 is 0 Å². The molecule has 0 saturated heterocycles. The van der Waals surface area contributed by atoms with Gasteiger partial charge in [0.1, 0.15) is 0 Å². The number of nitriles is 1. The third-order valence-corrected chi connectivity index (χ3v) is 0.845. The van der Waals surface area contributed by atoms with E-state index < -0.39 is 11.9 Å². The summed E-state index contributed by atoms with van der Waals surface area (Å²) in [6, 6.07) is 1.60. The molecular weight excluding hydrogens is 130 g/mol. The zero-order valence-electron chi connectivity index (χ0n) is 5.32. The molecule has 3 nitrogen and oxygen atoms in total. The first-order chi connectivity index (χ1) is 4.72. The van der Waals surface area contributed by atoms with E-state index in [4.69, 9.17) is 10.4 Å². The van der Waals surface area contributed by atoms with Crippen LogP contribution in [0.2, 0.25) is 0 Å². The van der Waals surface area contributed by atoms with Crippen molar-refractivity contribution in [1.29, 1.82) is 5.26 Å². The normalized spacial score (nSPS) is 12.3. The first-order valence-corrected chi connectivity index (χ1v) is 2.64. The summed E-state index contributed by atoms with van der Waals surface area (Å²) in [6.07, 6.45) is 4.13. The van der Waals surface area contributed by atoms with E-state index in [9.17, 15) is 4.79 Å². The van der Waals surface area contributed by atoms with Gasteiger partial charge < -0.3 is 5.11 Å². The molecule has 0 rings (SSSR count). The first kappa shape index (κ1) is 8.44. The number of hydrogen-bond donors (Lipinski definition) is 1. The van der Waals surface area contributed by atoms with Gasteiger partial charge >= 0.3 is 5.97 Å². The number of carboxylic acids is 1. The highest BCUT2D eigenvalue weighted by molar-refractivity contribution is 5.75. The van der Waals surface area contributed by atoms with Crippen LogP contribution in [0.1, 0.15) is 0 Å². The van der Waals surface area contributed by atoms with Crippen LogP contribution in [-0.2, 0) is 4.79 Å². The Morgan fingerprint density at radius 3 is 2.70 bits per heavy atom. The van der Waals surface area contributed by atoms with Crippen LogP contribution in [0.15, 0.2) is 24.8 Å². The van der Waals surface area contributed by atoms with Crippen molar-refractivity contribution in [3.63, 3.8) is 0 Å². The van der Waals surface area contributed by atoms with Crippen molar-refractivity contribution in [3.8, 4) is 6.07 Å². The Hall–Kier alpha value is -1.56. The van der Waals surface area contributed by atoms with E-state index in [2.05, 4.69) is 6.58 Å². The van der Waals surface area contributed by atoms with Crippen molar-refractivity contribution in [1.82, 2.24) is 0 Å². The van der Waals surface area contributed by atoms with Gasteiger partial charge in [-0.2, -0.15) is 5.26 Å². The average Bonchev–Trinajstić information content (AvgIpc) is 1.89. The van der Waals surface area contributed by atoms with E-state index in [-0.39, 0.29) is 0 Å². The third kappa shape index (κ3) is 2.68. The maximum atomic E-state index is 10.1. The second-order valence-electron chi connectivity index (χ2n) is 1.57. The van der Waals surface area contributed by atoms with E-state index in [1.165, 1.54) is 18.2 Å². The highest BCUT2D eigenvalue weighted by Crippen LogP contribution is 1.95. The Balaban J connectivity index is 4.12. The minimum atomic E-state index is -1.14. The van der Waals surface area contributed by atoms with E-state index in [1.807, 2.05) is 0 Å². The zero-order valence-corrected chi connectivity index (χ0v) is 5.32. The zero-order chi connectivity index (χ0) is 7.98. The Morgan fingerprint density at radius 2 is 2.40 bits per heavy atom. The van der Waals surface area contributed by atoms with Gasteiger partial charge in [0.15, 0.2) is 5.92 Å². The van der Waals surface area contributed by atoms with Crippen LogP contribution in [-0.4, -0.2) is 11.1 Å². The van der Waals surface area contributed by atoms with Gasteiger partial charge in [-0.25, -0.2) is 0 Å². The van der Waals surface area contributed by atoms with Gasteiger partial charge in [-0.05, 0) is 0 Å². The standard InChI is InChI=1S/C7H7NO2/c1-2-3-4-6(5-8)7(9)10/h2-4,6H,1H2,(H,9,10). The van der Waals surface area contributed by atoms with E-state index >= 15 is 0 Å². The maximum absolute atomic E-state index is 10.1. The van der Waals surface area contributed by atoms with Crippen molar-refractivity contribution >= 4 is 5.97 Å². The molecule has 0 amide bonds. The van der Waals surface area contributed by atoms with Gasteiger partial charge in [-0.15, -0.1) is 0 Å². The van der Waals surface area contributed by atoms with E-state index in [1.54, 1.807) is 6.07 Å². The number of aliphatic carboxylic acids is 1. The van der Waals surface area contributed by atoms with Crippen molar-refractivity contribution in [3.05, 3.63) is 24.8 Å². The van der Waals surface area contributed by atoms with Gasteiger partial charge in [0.25, 0.3) is 0 Å². The molecule has 3 heteroatoms. The number of allylic oxidation sites excluding steroid dienone is 2. The molecule has 10 heavy (non-hydrogen) atoms. The molecule has 1 unspecified atom stereocenters. The van der Waals surface area contributed by atoms with Gasteiger partial charge in [0, 0.05) is 0 Å². The monoisotopic (exact) mass is 137 g/mol. The summed E-state index contributed by atoms with van der Waals surface area (Å²) < 4.78 is 0. The van der Waals surface area contributed by atoms with Crippen LogP contribution in [0.25, 0.3) is 0 Å². The fourth-order valence-electron chi connectivity index (χ4n) is 0.370. The quantitative estimate of drug-likeness (QED) is 0.589. The Bertz CT molecular complexity index is 200. The van der Waals surface area contributed by atoms with Crippen LogP contribution in [0.3, 0.4) is 0 Å². The number of carboxylic acid groups (broad SMARTS) is 1. The van der Waals surface area contributed by atoms with Crippen LogP contribution in [0, 0.1) is 17.2 Å². The molecular formula is C7H7NO2. The van der Waals surface area contributed by atoms with Crippen LogP contribution >= 0.6 is 0 Å². The molecule has 0 aromatic carbocycles. The minimum absolute atomic E-state index is 1.06. The summed E-state index contributed by atoms with van der Waals surface area (Å²) in [5, 5.41) is 16.5. The molecule has 0 fully saturated rings. The summed E-state index contributed by atoms with van der Waals surface area (Å²) in [4.78, 5) is 10.1. The fraction of sp³-hybridized carbons (Fsp3) is 0.143. The van der Waals surface area contributed by atoms with Gasteiger partial charge in [-0.1, -0.05) is 24.8 Å². The topological polar surface area (TPSA) is 61.1 Å². The predicted molar refractivity (Wildman–Crippen MR) is 36.1 cm³/mol. The summed E-state index contributed by atoms with van der Waals surface area (Å²) in [5.41, 5.74) is 0. The Kier molecular flexibility index (Phi) is 3.66. The van der Waals surface area contributed by atoms with Crippen molar-refractivity contribution in [2.75, 3.05) is 0 Å². The third-order valence-electron chi connectivity index (χ3n) is 0.845. The van der Waals surface area contributed by atoms with Crippen LogP contribution in [0.4, 0.5) is 0 Å². The summed E-state index contributed by atoms with van der Waals surface area (Å²) in [7, 11) is 0. The molecule has 0 aliphatic carbocycles. The summed E-state index contributed by atoms with van der Waals surface area (Å²) in [5.74, 6) is -2.20. The van der Waals surface area contributed by atoms with E-state index in [0.29, 0.717) is 0 Å². The lowest BCUT2D eigenvalue weighted by Crippen LogP contribution is -2.07. The largest absolute Gasteiger partial charge is 0.480 e. The van der Waals surface area contributed by atoms with Crippen molar-refractivity contribution in [2.24, 2.45) is 5.92 Å². The fourth-order valence-corrected chi connectivity index (χ4v) is 0.370. The van der Waals surface area contributed by atoms with Gasteiger partial charge in [0.2, 0.25) is 0 Å². The minimum Gasteiger partial charge on any atom is -0.480 e. The van der Waals surface area contributed by atoms with Crippen molar-refractivity contribution < 1.29 is 9.90 Å². The molecule has 1 N–H and O–H groups in total. The number of nitrogens with zero attached hydrogens (tertiary/aromatic N) is 1. The van der Waals surface area contributed by atoms with Gasteiger partial charge in [-0.3, -0.25) is 4.79 Å². The lowest BCUT2D eigenvalue weighted by Gasteiger charge is -1.91. The number of carbonyl (C=O) groups is 1. The molecule has 0 aliphatic heterocycles. The SMILES string of the molecule is C=CC=CC(C#N)C(=O)O. The van der Waals surface area contributed by atoms with Crippen molar-refractivity contribution in [2.45, 2.75) is 0 Å². The lowest BCUT2D eigenvalue weighted by molar-refractivity contribution is -0.138. The summed E-state index contributed by atoms with van der Waals surface area (Å²) in [6.45, 7) is 3.34. The molecule has 0 bridgehead atoms.